The smallest absolute Gasteiger partial charge is 0.165 e. The van der Waals surface area contributed by atoms with E-state index in [0.717, 1.165) is 0 Å². The molecule has 0 saturated heterocycles. The molecule has 0 rings (SSSR count). The molecule has 0 N–H and O–H groups in total. The highest BCUT2D eigenvalue weighted by Crippen LogP contribution is 2.29. The Balaban J connectivity index is 5.23. The highest BCUT2D eigenvalue weighted by atomic mass is 32.2. The van der Waals surface area contributed by atoms with E-state index >= 15 is 0 Å². The molecule has 0 aromatic rings. The van der Waals surface area contributed by atoms with Gasteiger partial charge in [-0.2, -0.15) is 0 Å². The zero-order valence-electron chi connectivity index (χ0n) is 8.39. The quantitative estimate of drug-likeness (QED) is 0.716. The van der Waals surface area contributed by atoms with E-state index in [0.29, 0.717) is 0 Å². The zero-order valence-corrected chi connectivity index (χ0v) is 9.21. The molecule has 80 valence electrons. The van der Waals surface area contributed by atoms with Crippen LogP contribution >= 0.6 is 0 Å². The summed E-state index contributed by atoms with van der Waals surface area (Å²) >= 11 is 0. The summed E-state index contributed by atoms with van der Waals surface area (Å²) in [7, 11) is -3.79. The van der Waals surface area contributed by atoms with Crippen LogP contribution in [0, 0.1) is 0 Å². The highest BCUT2D eigenvalue weighted by Gasteiger charge is 2.46. The molecule has 0 aliphatic rings. The van der Waals surface area contributed by atoms with Crippen molar-refractivity contribution < 1.29 is 17.2 Å². The second-order valence-electron chi connectivity index (χ2n) is 4.29. The zero-order chi connectivity index (χ0) is 10.9. The maximum Gasteiger partial charge on any atom is 0.165 e. The molecule has 0 heterocycles. The highest BCUT2D eigenvalue weighted by molar-refractivity contribution is 7.94. The Morgan fingerprint density at radius 3 is 1.31 bits per heavy atom. The standard InChI is InChI=1S/C8H16F2O2S/c1-7(2,5-9)13(11,12)8(3,4)6-10/h5-6H2,1-4H3. The van der Waals surface area contributed by atoms with Gasteiger partial charge < -0.3 is 0 Å². The molecule has 13 heavy (non-hydrogen) atoms. The third-order valence-corrected chi connectivity index (χ3v) is 5.23. The Morgan fingerprint density at radius 2 is 1.15 bits per heavy atom. The van der Waals surface area contributed by atoms with Crippen molar-refractivity contribution in [1.29, 1.82) is 0 Å². The summed E-state index contributed by atoms with van der Waals surface area (Å²) in [5.41, 5.74) is 0. The first kappa shape index (κ1) is 12.8. The van der Waals surface area contributed by atoms with E-state index in [9.17, 15) is 17.2 Å². The lowest BCUT2D eigenvalue weighted by molar-refractivity contribution is 0.373. The van der Waals surface area contributed by atoms with E-state index in [1.54, 1.807) is 0 Å². The Hall–Kier alpha value is -0.190. The van der Waals surface area contributed by atoms with Gasteiger partial charge in [-0.05, 0) is 27.7 Å². The van der Waals surface area contributed by atoms with E-state index in [1.165, 1.54) is 27.7 Å². The lowest BCUT2D eigenvalue weighted by atomic mass is 10.2. The molecule has 0 aromatic carbocycles. The van der Waals surface area contributed by atoms with Gasteiger partial charge in [0.15, 0.2) is 9.84 Å². The van der Waals surface area contributed by atoms with Crippen LogP contribution in [0.2, 0.25) is 0 Å². The number of halogens is 2. The average molecular weight is 214 g/mol. The lowest BCUT2D eigenvalue weighted by Gasteiger charge is -2.31. The summed E-state index contributed by atoms with van der Waals surface area (Å²) in [5, 5.41) is 0. The van der Waals surface area contributed by atoms with E-state index in [2.05, 4.69) is 0 Å². The minimum absolute atomic E-state index is 1.00. The summed E-state index contributed by atoms with van der Waals surface area (Å²) < 4.78 is 45.2. The molecule has 0 bridgehead atoms. The second kappa shape index (κ2) is 3.52. The molecule has 0 aromatic heterocycles. The van der Waals surface area contributed by atoms with Crippen molar-refractivity contribution in [2.75, 3.05) is 13.3 Å². The van der Waals surface area contributed by atoms with Crippen molar-refractivity contribution in [2.45, 2.75) is 37.2 Å². The molecule has 5 heteroatoms. The average Bonchev–Trinajstić information content (AvgIpc) is 2.03. The molecule has 0 atom stereocenters. The van der Waals surface area contributed by atoms with Crippen molar-refractivity contribution in [2.24, 2.45) is 0 Å². The minimum atomic E-state index is -3.79. The fraction of sp³-hybridized carbons (Fsp3) is 1.00. The van der Waals surface area contributed by atoms with Gasteiger partial charge in [-0.15, -0.1) is 0 Å². The largest absolute Gasteiger partial charge is 0.249 e. The molecule has 0 saturated carbocycles. The van der Waals surface area contributed by atoms with Gasteiger partial charge in [0, 0.05) is 0 Å². The molecule has 0 amide bonds. The van der Waals surface area contributed by atoms with Crippen molar-refractivity contribution >= 4 is 9.84 Å². The predicted molar refractivity (Wildman–Crippen MR) is 49.0 cm³/mol. The van der Waals surface area contributed by atoms with Gasteiger partial charge in [0.05, 0.1) is 9.49 Å². The van der Waals surface area contributed by atoms with Crippen LogP contribution in [-0.4, -0.2) is 31.3 Å². The van der Waals surface area contributed by atoms with Gasteiger partial charge in [-0.1, -0.05) is 0 Å². The lowest BCUT2D eigenvalue weighted by Crippen LogP contribution is -2.48. The molecule has 0 aliphatic heterocycles. The summed E-state index contributed by atoms with van der Waals surface area (Å²) in [6.07, 6.45) is 0. The van der Waals surface area contributed by atoms with Gasteiger partial charge in [-0.3, -0.25) is 0 Å². The molecule has 0 unspecified atom stereocenters. The summed E-state index contributed by atoms with van der Waals surface area (Å²) in [4.78, 5) is 0. The molecule has 2 nitrogen and oxygen atoms in total. The fourth-order valence-corrected chi connectivity index (χ4v) is 2.67. The molecule has 0 fully saturated rings. The number of hydrogen-bond acceptors (Lipinski definition) is 2. The Morgan fingerprint density at radius 1 is 0.923 bits per heavy atom. The molecule has 0 aliphatic carbocycles. The Bertz CT molecular complexity index is 246. The number of rotatable bonds is 4. The van der Waals surface area contributed by atoms with Gasteiger partial charge >= 0.3 is 0 Å². The van der Waals surface area contributed by atoms with Gasteiger partial charge in [0.1, 0.15) is 13.3 Å². The Labute approximate surface area is 78.3 Å². The summed E-state index contributed by atoms with van der Waals surface area (Å²) in [5.74, 6) is 0. The van der Waals surface area contributed by atoms with Crippen LogP contribution < -0.4 is 0 Å². The number of alkyl halides is 2. The third kappa shape index (κ3) is 2.00. The molecule has 0 radical (unpaired) electrons. The second-order valence-corrected chi connectivity index (χ2v) is 7.51. The van der Waals surface area contributed by atoms with E-state index < -0.39 is 32.7 Å². The summed E-state index contributed by atoms with van der Waals surface area (Å²) in [6, 6.07) is 0. The van der Waals surface area contributed by atoms with Gasteiger partial charge in [0.2, 0.25) is 0 Å². The van der Waals surface area contributed by atoms with Crippen molar-refractivity contribution in [1.82, 2.24) is 0 Å². The van der Waals surface area contributed by atoms with E-state index in [-0.39, 0.29) is 0 Å². The normalized spacial score (nSPS) is 14.6. The fourth-order valence-electron chi connectivity index (χ4n) is 0.892. The van der Waals surface area contributed by atoms with Crippen LogP contribution in [0.4, 0.5) is 8.78 Å². The molecular formula is C8H16F2O2S. The van der Waals surface area contributed by atoms with Crippen molar-refractivity contribution in [3.63, 3.8) is 0 Å². The maximum absolute atomic E-state index is 12.4. The summed E-state index contributed by atoms with van der Waals surface area (Å²) in [6.45, 7) is 3.05. The molecular weight excluding hydrogens is 198 g/mol. The van der Waals surface area contributed by atoms with Gasteiger partial charge in [0.25, 0.3) is 0 Å². The molecule has 0 spiro atoms. The van der Waals surface area contributed by atoms with Crippen LogP contribution in [0.5, 0.6) is 0 Å². The monoisotopic (exact) mass is 214 g/mol. The topological polar surface area (TPSA) is 34.1 Å². The SMILES string of the molecule is CC(C)(CF)S(=O)(=O)C(C)(C)CF. The van der Waals surface area contributed by atoms with Crippen LogP contribution in [-0.2, 0) is 9.84 Å². The first-order valence-electron chi connectivity index (χ1n) is 3.98. The van der Waals surface area contributed by atoms with Crippen LogP contribution in [0.25, 0.3) is 0 Å². The maximum atomic E-state index is 12.4. The van der Waals surface area contributed by atoms with Crippen molar-refractivity contribution in [3.05, 3.63) is 0 Å². The van der Waals surface area contributed by atoms with Crippen LogP contribution in [0.15, 0.2) is 0 Å². The van der Waals surface area contributed by atoms with Crippen LogP contribution in [0.1, 0.15) is 27.7 Å². The first-order valence-corrected chi connectivity index (χ1v) is 5.47. The first-order chi connectivity index (χ1) is 5.62. The Kier molecular flexibility index (Phi) is 3.47. The van der Waals surface area contributed by atoms with Crippen LogP contribution in [0.3, 0.4) is 0 Å². The van der Waals surface area contributed by atoms with E-state index in [4.69, 9.17) is 0 Å². The van der Waals surface area contributed by atoms with Gasteiger partial charge in [-0.25, -0.2) is 17.2 Å². The minimum Gasteiger partial charge on any atom is -0.249 e. The van der Waals surface area contributed by atoms with E-state index in [1.807, 2.05) is 0 Å². The predicted octanol–water partition coefficient (Wildman–Crippen LogP) is 1.90. The third-order valence-electron chi connectivity index (χ3n) is 2.10. The van der Waals surface area contributed by atoms with Crippen molar-refractivity contribution in [3.8, 4) is 0 Å². The number of sulfone groups is 1. The number of hydrogen-bond donors (Lipinski definition) is 0.